The molecule has 0 aliphatic rings. The summed E-state index contributed by atoms with van der Waals surface area (Å²) in [5.41, 5.74) is 1.86. The summed E-state index contributed by atoms with van der Waals surface area (Å²) in [6, 6.07) is 19.0. The molecule has 0 saturated heterocycles. The Morgan fingerprint density at radius 3 is 2.24 bits per heavy atom. The van der Waals surface area contributed by atoms with Gasteiger partial charge in [0.15, 0.2) is 15.8 Å². The van der Waals surface area contributed by atoms with Crippen molar-refractivity contribution in [2.45, 2.75) is 18.1 Å². The molecule has 6 nitrogen and oxygen atoms in total. The van der Waals surface area contributed by atoms with Gasteiger partial charge in [0.1, 0.15) is 0 Å². The molecule has 0 radical (unpaired) electrons. The van der Waals surface area contributed by atoms with Gasteiger partial charge in [-0.05, 0) is 17.5 Å². The average molecular weight is 531 g/mol. The molecule has 1 unspecified atom stereocenters. The van der Waals surface area contributed by atoms with Crippen LogP contribution in [0.5, 0.6) is 0 Å². The molecule has 2 rings (SSSR count). The Bertz CT molecular complexity index is 831. The fourth-order valence-corrected chi connectivity index (χ4v) is 4.28. The normalized spacial score (nSPS) is 12.7. The number of nitrogens with zero attached hydrogens (tertiary/aromatic N) is 1. The summed E-state index contributed by atoms with van der Waals surface area (Å²) in [4.78, 5) is 4.15. The average Bonchev–Trinajstić information content (AvgIpc) is 2.71. The Hall–Kier alpha value is -1.65. The smallest absolute Gasteiger partial charge is 0.190 e. The summed E-state index contributed by atoms with van der Waals surface area (Å²) >= 11 is 0. The molecule has 0 aliphatic heterocycles. The van der Waals surface area contributed by atoms with Crippen molar-refractivity contribution in [3.8, 4) is 0 Å². The van der Waals surface area contributed by atoms with Gasteiger partial charge in [0.2, 0.25) is 0 Å². The van der Waals surface area contributed by atoms with Crippen molar-refractivity contribution in [1.82, 2.24) is 10.6 Å². The van der Waals surface area contributed by atoms with Crippen LogP contribution < -0.4 is 10.6 Å². The van der Waals surface area contributed by atoms with Crippen molar-refractivity contribution in [3.63, 3.8) is 0 Å². The van der Waals surface area contributed by atoms with E-state index >= 15 is 0 Å². The van der Waals surface area contributed by atoms with Crippen LogP contribution in [0.25, 0.3) is 0 Å². The highest BCUT2D eigenvalue weighted by molar-refractivity contribution is 14.0. The van der Waals surface area contributed by atoms with Crippen LogP contribution in [0.15, 0.2) is 65.7 Å². The first-order chi connectivity index (χ1) is 13.5. The number of guanidine groups is 1. The van der Waals surface area contributed by atoms with E-state index in [1.807, 2.05) is 60.7 Å². The van der Waals surface area contributed by atoms with E-state index < -0.39 is 9.84 Å². The Kier molecular flexibility index (Phi) is 11.9. The van der Waals surface area contributed by atoms with Crippen LogP contribution in [0.4, 0.5) is 0 Å². The lowest BCUT2D eigenvalue weighted by atomic mass is 10.0. The summed E-state index contributed by atoms with van der Waals surface area (Å²) in [6.45, 7) is 1.07. The molecule has 3 N–H and O–H groups in total. The third-order valence-corrected chi connectivity index (χ3v) is 6.07. The van der Waals surface area contributed by atoms with E-state index in [9.17, 15) is 13.5 Å². The molecule has 2 aromatic carbocycles. The number of nitrogens with one attached hydrogen (secondary N) is 2. The lowest BCUT2D eigenvalue weighted by Crippen LogP contribution is -2.40. The molecule has 0 fully saturated rings. The van der Waals surface area contributed by atoms with Crippen molar-refractivity contribution in [2.75, 3.05) is 32.5 Å². The number of aliphatic hydroxyl groups is 1. The van der Waals surface area contributed by atoms with E-state index in [1.54, 1.807) is 7.05 Å². The zero-order valence-corrected chi connectivity index (χ0v) is 19.8. The van der Waals surface area contributed by atoms with E-state index in [0.717, 1.165) is 11.1 Å². The van der Waals surface area contributed by atoms with Crippen molar-refractivity contribution in [2.24, 2.45) is 4.99 Å². The highest BCUT2D eigenvalue weighted by Gasteiger charge is 2.13. The zero-order chi connectivity index (χ0) is 20.2. The summed E-state index contributed by atoms with van der Waals surface area (Å²) in [5, 5.41) is 15.9. The van der Waals surface area contributed by atoms with E-state index in [1.165, 1.54) is 0 Å². The van der Waals surface area contributed by atoms with Gasteiger partial charge in [-0.2, -0.15) is 0 Å². The second kappa shape index (κ2) is 13.6. The highest BCUT2D eigenvalue weighted by Crippen LogP contribution is 2.13. The number of hydrogen-bond donors (Lipinski definition) is 3. The number of sulfone groups is 1. The first kappa shape index (κ1) is 25.4. The van der Waals surface area contributed by atoms with Gasteiger partial charge in [-0.3, -0.25) is 4.99 Å². The summed E-state index contributed by atoms with van der Waals surface area (Å²) in [7, 11) is -1.47. The van der Waals surface area contributed by atoms with Crippen molar-refractivity contribution in [3.05, 3.63) is 71.8 Å². The summed E-state index contributed by atoms with van der Waals surface area (Å²) in [5.74, 6) is 0.742. The predicted molar refractivity (Wildman–Crippen MR) is 130 cm³/mol. The van der Waals surface area contributed by atoms with Crippen molar-refractivity contribution < 1.29 is 13.5 Å². The SMILES string of the molecule is CN=C(NCCCS(=O)(=O)Cc1ccccc1)NCC(CO)c1ccccc1.I. The molecule has 0 aliphatic carbocycles. The molecular formula is C21H30IN3O3S. The van der Waals surface area contributed by atoms with Gasteiger partial charge in [-0.25, -0.2) is 8.42 Å². The number of hydrogen-bond acceptors (Lipinski definition) is 4. The number of benzene rings is 2. The molecule has 0 heterocycles. The molecule has 1 atom stereocenters. The molecule has 0 amide bonds. The third-order valence-electron chi connectivity index (χ3n) is 4.38. The monoisotopic (exact) mass is 531 g/mol. The molecule has 0 saturated carbocycles. The molecule has 160 valence electrons. The maximum Gasteiger partial charge on any atom is 0.190 e. The number of aliphatic imine (C=N–C) groups is 1. The standard InChI is InChI=1S/C21H29N3O3S.HI/c1-22-21(24-15-20(16-25)19-11-6-3-7-12-19)23-13-8-14-28(26,27)17-18-9-4-2-5-10-18;/h2-7,9-12,20,25H,8,13-17H2,1H3,(H2,22,23,24);1H. The van der Waals surface area contributed by atoms with Gasteiger partial charge in [-0.1, -0.05) is 60.7 Å². The van der Waals surface area contributed by atoms with Gasteiger partial charge in [0.05, 0.1) is 18.1 Å². The molecule has 29 heavy (non-hydrogen) atoms. The zero-order valence-electron chi connectivity index (χ0n) is 16.6. The third kappa shape index (κ3) is 9.60. The number of rotatable bonds is 10. The number of aliphatic hydroxyl groups excluding tert-OH is 1. The van der Waals surface area contributed by atoms with Gasteiger partial charge in [-0.15, -0.1) is 24.0 Å². The predicted octanol–water partition coefficient (Wildman–Crippen LogP) is 2.55. The minimum atomic E-state index is -3.14. The molecular weight excluding hydrogens is 501 g/mol. The Morgan fingerprint density at radius 2 is 1.66 bits per heavy atom. The summed E-state index contributed by atoms with van der Waals surface area (Å²) < 4.78 is 24.4. The van der Waals surface area contributed by atoms with E-state index in [4.69, 9.17) is 0 Å². The van der Waals surface area contributed by atoms with E-state index in [2.05, 4.69) is 15.6 Å². The van der Waals surface area contributed by atoms with E-state index in [-0.39, 0.29) is 48.0 Å². The first-order valence-electron chi connectivity index (χ1n) is 9.38. The van der Waals surface area contributed by atoms with Crippen LogP contribution >= 0.6 is 24.0 Å². The van der Waals surface area contributed by atoms with Gasteiger partial charge < -0.3 is 15.7 Å². The van der Waals surface area contributed by atoms with Gasteiger partial charge in [0.25, 0.3) is 0 Å². The lowest BCUT2D eigenvalue weighted by molar-refractivity contribution is 0.265. The largest absolute Gasteiger partial charge is 0.396 e. The Morgan fingerprint density at radius 1 is 1.03 bits per heavy atom. The first-order valence-corrected chi connectivity index (χ1v) is 11.2. The Labute approximate surface area is 190 Å². The van der Waals surface area contributed by atoms with Crippen molar-refractivity contribution >= 4 is 39.8 Å². The quantitative estimate of drug-likeness (QED) is 0.190. The van der Waals surface area contributed by atoms with Crippen LogP contribution in [0, 0.1) is 0 Å². The van der Waals surface area contributed by atoms with Crippen LogP contribution in [0.2, 0.25) is 0 Å². The molecule has 8 heteroatoms. The second-order valence-electron chi connectivity index (χ2n) is 6.60. The van der Waals surface area contributed by atoms with E-state index in [0.29, 0.717) is 25.5 Å². The van der Waals surface area contributed by atoms with Crippen LogP contribution in [-0.2, 0) is 15.6 Å². The van der Waals surface area contributed by atoms with Crippen LogP contribution in [0.3, 0.4) is 0 Å². The topological polar surface area (TPSA) is 90.8 Å². The lowest BCUT2D eigenvalue weighted by Gasteiger charge is -2.18. The molecule has 0 bridgehead atoms. The maximum absolute atomic E-state index is 12.2. The van der Waals surface area contributed by atoms with Gasteiger partial charge >= 0.3 is 0 Å². The fraction of sp³-hybridized carbons (Fsp3) is 0.381. The molecule has 0 spiro atoms. The maximum atomic E-state index is 12.2. The Balaban J connectivity index is 0.00000420. The second-order valence-corrected chi connectivity index (χ2v) is 8.79. The minimum Gasteiger partial charge on any atom is -0.396 e. The highest BCUT2D eigenvalue weighted by atomic mass is 127. The number of halogens is 1. The fourth-order valence-electron chi connectivity index (χ4n) is 2.85. The van der Waals surface area contributed by atoms with Crippen LogP contribution in [-0.4, -0.2) is 52.0 Å². The van der Waals surface area contributed by atoms with Gasteiger partial charge in [0, 0.05) is 26.1 Å². The molecule has 2 aromatic rings. The van der Waals surface area contributed by atoms with Crippen LogP contribution in [0.1, 0.15) is 23.5 Å². The summed E-state index contributed by atoms with van der Waals surface area (Å²) in [6.07, 6.45) is 0.498. The molecule has 0 aromatic heterocycles. The van der Waals surface area contributed by atoms with Crippen molar-refractivity contribution in [1.29, 1.82) is 0 Å². The minimum absolute atomic E-state index is 0.